The number of allylic oxidation sites excluding steroid dienone is 1. The second-order valence-electron chi connectivity index (χ2n) is 6.46. The van der Waals surface area contributed by atoms with Gasteiger partial charge in [-0.2, -0.15) is 0 Å². The van der Waals surface area contributed by atoms with Crippen molar-refractivity contribution in [3.63, 3.8) is 0 Å². The number of hydrogen-bond donors (Lipinski definition) is 0. The molecule has 0 saturated carbocycles. The van der Waals surface area contributed by atoms with Crippen molar-refractivity contribution in [1.82, 2.24) is 4.98 Å². The number of fused-ring (bicyclic) bond motifs is 1. The van der Waals surface area contributed by atoms with E-state index in [0.29, 0.717) is 3.67 Å². The van der Waals surface area contributed by atoms with Gasteiger partial charge in [-0.3, -0.25) is 0 Å². The zero-order chi connectivity index (χ0) is 15.2. The number of aromatic nitrogens is 1. The van der Waals surface area contributed by atoms with Gasteiger partial charge in [0.25, 0.3) is 0 Å². The second kappa shape index (κ2) is 5.64. The van der Waals surface area contributed by atoms with Crippen LogP contribution in [0.15, 0.2) is 62.8 Å². The first kappa shape index (κ1) is 14.1. The summed E-state index contributed by atoms with van der Waals surface area (Å²) < 4.78 is 4.13. The van der Waals surface area contributed by atoms with Crippen molar-refractivity contribution < 1.29 is 0 Å². The first-order valence-electron chi connectivity index (χ1n) is 8.16. The van der Waals surface area contributed by atoms with Crippen LogP contribution in [0.25, 0.3) is 6.08 Å². The molecule has 4 bridgehead atoms. The van der Waals surface area contributed by atoms with Gasteiger partial charge < -0.3 is 0 Å². The fourth-order valence-corrected chi connectivity index (χ4v) is 16.4. The van der Waals surface area contributed by atoms with Crippen molar-refractivity contribution in [1.29, 1.82) is 0 Å². The van der Waals surface area contributed by atoms with Gasteiger partial charge in [-0.05, 0) is 0 Å². The molecule has 6 rings (SSSR count). The molecule has 3 aliphatic rings. The molecule has 3 aromatic rings. The van der Waals surface area contributed by atoms with E-state index < -0.39 is 21.4 Å². The predicted octanol–water partition coefficient (Wildman–Crippen LogP) is 4.10. The summed E-state index contributed by atoms with van der Waals surface area (Å²) in [4.78, 5) is 4.67. The van der Waals surface area contributed by atoms with E-state index in [1.165, 1.54) is 35.2 Å². The number of nitrogens with zero attached hydrogens (tertiary/aromatic N) is 1. The Morgan fingerprint density at radius 2 is 1.96 bits per heavy atom. The maximum atomic E-state index is 4.67. The molecule has 23 heavy (non-hydrogen) atoms. The molecule has 0 N–H and O–H groups in total. The van der Waals surface area contributed by atoms with Crippen LogP contribution in [0, 0.1) is 0 Å². The third-order valence-electron chi connectivity index (χ3n) is 5.19. The van der Waals surface area contributed by atoms with Crippen molar-refractivity contribution in [3.8, 4) is 0 Å². The first-order valence-corrected chi connectivity index (χ1v) is 14.3. The Morgan fingerprint density at radius 3 is 2.78 bits per heavy atom. The van der Waals surface area contributed by atoms with E-state index in [2.05, 4.69) is 65.0 Å². The molecule has 0 saturated heterocycles. The van der Waals surface area contributed by atoms with E-state index in [1.807, 2.05) is 5.51 Å². The summed E-state index contributed by atoms with van der Waals surface area (Å²) in [6, 6.07) is 18.1. The zero-order valence-electron chi connectivity index (χ0n) is 12.8. The van der Waals surface area contributed by atoms with Crippen molar-refractivity contribution in [2.45, 2.75) is 16.5 Å². The number of thiazole rings is 1. The van der Waals surface area contributed by atoms with E-state index in [9.17, 15) is 0 Å². The Labute approximate surface area is 148 Å². The SMILES string of the molecule is C1=[C](CCc2ccccc2)[In]2[c]3ccc(cc31)[CH]2c1cscn1. The Hall–Kier alpha value is -1.32. The minimum absolute atomic E-state index is 0.635. The topological polar surface area (TPSA) is 12.9 Å². The van der Waals surface area contributed by atoms with Gasteiger partial charge in [0, 0.05) is 0 Å². The molecule has 3 aliphatic heterocycles. The molecular formula is C20H16InNS. The Morgan fingerprint density at radius 1 is 1.04 bits per heavy atom. The van der Waals surface area contributed by atoms with Crippen LogP contribution in [0.2, 0.25) is 0 Å². The second-order valence-corrected chi connectivity index (χ2v) is 15.7. The third-order valence-corrected chi connectivity index (χ3v) is 16.8. The molecular weight excluding hydrogens is 401 g/mol. The van der Waals surface area contributed by atoms with Crippen molar-refractivity contribution >= 4 is 42.2 Å². The molecule has 1 atom stereocenters. The molecule has 4 heterocycles. The van der Waals surface area contributed by atoms with E-state index in [-0.39, 0.29) is 0 Å². The molecule has 0 radical (unpaired) electrons. The van der Waals surface area contributed by atoms with Gasteiger partial charge in [0.2, 0.25) is 0 Å². The van der Waals surface area contributed by atoms with E-state index >= 15 is 0 Å². The maximum absolute atomic E-state index is 4.67. The molecule has 0 aliphatic carbocycles. The van der Waals surface area contributed by atoms with Crippen LogP contribution in [-0.4, -0.2) is 26.4 Å². The van der Waals surface area contributed by atoms with E-state index in [4.69, 9.17) is 0 Å². The molecule has 1 nitrogen and oxygen atoms in total. The van der Waals surface area contributed by atoms with Crippen LogP contribution >= 0.6 is 11.3 Å². The van der Waals surface area contributed by atoms with Gasteiger partial charge in [-0.1, -0.05) is 0 Å². The monoisotopic (exact) mass is 417 g/mol. The summed E-state index contributed by atoms with van der Waals surface area (Å²) >= 11 is -0.239. The van der Waals surface area contributed by atoms with Gasteiger partial charge in [0.05, 0.1) is 0 Å². The standard InChI is InChI=1S/C20H16NS.In/c1-2-7-17(8-3-1)9-4-5-10-18-11-6-12-19(13-18)14-20-15-22-16-21-20;/h1-3,6-8,10,12-16H,4,9H2;. The van der Waals surface area contributed by atoms with Crippen molar-refractivity contribution in [3.05, 3.63) is 85.1 Å². The van der Waals surface area contributed by atoms with E-state index in [1.54, 1.807) is 18.0 Å². The summed E-state index contributed by atoms with van der Waals surface area (Å²) in [6.45, 7) is 0. The first-order chi connectivity index (χ1) is 11.4. The third kappa shape index (κ3) is 2.33. The zero-order valence-corrected chi connectivity index (χ0v) is 16.9. The summed E-state index contributed by atoms with van der Waals surface area (Å²) in [6.07, 6.45) is 4.92. The predicted molar refractivity (Wildman–Crippen MR) is 98.5 cm³/mol. The number of rotatable bonds is 4. The number of aryl methyl sites for hydroxylation is 1. The van der Waals surface area contributed by atoms with Gasteiger partial charge in [-0.15, -0.1) is 0 Å². The van der Waals surface area contributed by atoms with Crippen molar-refractivity contribution in [2.24, 2.45) is 0 Å². The normalized spacial score (nSPS) is 17.7. The van der Waals surface area contributed by atoms with Crippen LogP contribution in [0.5, 0.6) is 0 Å². The molecule has 0 fully saturated rings. The Kier molecular flexibility index (Phi) is 3.45. The molecule has 3 heteroatoms. The van der Waals surface area contributed by atoms with E-state index in [0.717, 1.165) is 0 Å². The average Bonchev–Trinajstić information content (AvgIpc) is 3.22. The van der Waals surface area contributed by atoms with Crippen molar-refractivity contribution in [2.75, 3.05) is 0 Å². The molecule has 0 amide bonds. The summed E-state index contributed by atoms with van der Waals surface area (Å²) in [5.41, 5.74) is 7.82. The summed E-state index contributed by atoms with van der Waals surface area (Å²) in [5.74, 6) is 0. The molecule has 110 valence electrons. The van der Waals surface area contributed by atoms with Gasteiger partial charge >= 0.3 is 149 Å². The quantitative estimate of drug-likeness (QED) is 0.623. The average molecular weight is 417 g/mol. The minimum atomic E-state index is -1.97. The summed E-state index contributed by atoms with van der Waals surface area (Å²) in [5, 5.41) is 2.27. The fourth-order valence-electron chi connectivity index (χ4n) is 4.15. The van der Waals surface area contributed by atoms with Gasteiger partial charge in [0.1, 0.15) is 0 Å². The van der Waals surface area contributed by atoms with Gasteiger partial charge in [-0.25, -0.2) is 0 Å². The molecule has 1 unspecified atom stereocenters. The fraction of sp³-hybridized carbons (Fsp3) is 0.150. The Balaban J connectivity index is 1.47. The number of benzene rings is 2. The molecule has 1 aromatic heterocycles. The van der Waals surface area contributed by atoms with Gasteiger partial charge in [0.15, 0.2) is 0 Å². The van der Waals surface area contributed by atoms with Crippen LogP contribution in [0.4, 0.5) is 0 Å². The molecule has 2 aromatic carbocycles. The van der Waals surface area contributed by atoms with Crippen LogP contribution in [0.3, 0.4) is 0 Å². The Bertz CT molecular complexity index is 883. The van der Waals surface area contributed by atoms with Crippen LogP contribution < -0.4 is 3.32 Å². The summed E-state index contributed by atoms with van der Waals surface area (Å²) in [7, 11) is 0. The van der Waals surface area contributed by atoms with Crippen LogP contribution in [0.1, 0.15) is 32.5 Å². The van der Waals surface area contributed by atoms with Crippen LogP contribution in [-0.2, 0) is 6.42 Å². The number of hydrogen-bond acceptors (Lipinski definition) is 2. The molecule has 0 spiro atoms.